The zero-order chi connectivity index (χ0) is 41.6. The van der Waals surface area contributed by atoms with Gasteiger partial charge in [0.25, 0.3) is 0 Å². The molecule has 1 aliphatic carbocycles. The molecule has 0 aromatic heterocycles. The number of fused-ring (bicyclic) bond motifs is 3. The Kier molecular flexibility index (Phi) is 13.2. The smallest absolute Gasteiger partial charge is 0.0220 e. The normalized spacial score (nSPS) is 14.4. The lowest BCUT2D eigenvalue weighted by Crippen LogP contribution is -2.32. The van der Waals surface area contributed by atoms with E-state index in [4.69, 9.17) is 0 Å². The SMILES string of the molecule is CCCCC(CC)CC1(CC(CC)CCCC)c2cc(C(C)(C)c3cccc(-c4ccccc4)c3)ccc2-c2ccc(C(C)(C)c3cccc(-c4ccccc4)c3)cc21. The van der Waals surface area contributed by atoms with E-state index in [1.807, 2.05) is 0 Å². The first-order valence-electron chi connectivity index (χ1n) is 23.2. The number of rotatable bonds is 18. The molecule has 0 aliphatic heterocycles. The lowest BCUT2D eigenvalue weighted by atomic mass is 9.63. The predicted octanol–water partition coefficient (Wildman–Crippen LogP) is 17.2. The minimum atomic E-state index is -0.171. The van der Waals surface area contributed by atoms with Crippen molar-refractivity contribution < 1.29 is 0 Å². The van der Waals surface area contributed by atoms with Crippen molar-refractivity contribution in [1.82, 2.24) is 0 Å². The standard InChI is InChI=1S/C59H70/c1-9-13-23-43(11-3)41-59(42-44(12-4)24-14-10-2)55-39-51(57(5,6)49-31-21-29-47(37-49)45-25-17-15-18-26-45)33-35-53(55)54-36-34-52(40-56(54)59)58(7,8)50-32-22-30-48(38-50)46-27-19-16-20-28-46/h15-22,25-40,43-44H,9-14,23-24,41-42H2,1-8H3. The first-order valence-corrected chi connectivity index (χ1v) is 23.2. The fraction of sp³-hybridized carbons (Fsp3) is 0.390. The second kappa shape index (κ2) is 18.3. The molecule has 59 heavy (non-hydrogen) atoms. The van der Waals surface area contributed by atoms with E-state index in [9.17, 15) is 0 Å². The average Bonchev–Trinajstić information content (AvgIpc) is 3.54. The van der Waals surface area contributed by atoms with Gasteiger partial charge in [0.05, 0.1) is 0 Å². The van der Waals surface area contributed by atoms with E-state index < -0.39 is 0 Å². The molecule has 0 spiro atoms. The third-order valence-corrected chi connectivity index (χ3v) is 14.5. The maximum atomic E-state index is 2.69. The Labute approximate surface area is 358 Å². The summed E-state index contributed by atoms with van der Waals surface area (Å²) in [6.07, 6.45) is 12.6. The number of benzene rings is 6. The number of hydrogen-bond donors (Lipinski definition) is 0. The third kappa shape index (κ3) is 8.66. The Balaban J connectivity index is 1.40. The van der Waals surface area contributed by atoms with Crippen LogP contribution in [-0.2, 0) is 16.2 Å². The molecule has 0 saturated carbocycles. The third-order valence-electron chi connectivity index (χ3n) is 14.5. The summed E-state index contributed by atoms with van der Waals surface area (Å²) in [5, 5.41) is 0. The van der Waals surface area contributed by atoms with Crippen LogP contribution in [0, 0.1) is 11.8 Å². The monoisotopic (exact) mass is 779 g/mol. The van der Waals surface area contributed by atoms with E-state index in [0.717, 1.165) is 0 Å². The van der Waals surface area contributed by atoms with Gasteiger partial charge in [-0.25, -0.2) is 0 Å². The Bertz CT molecular complexity index is 2120. The summed E-state index contributed by atoms with van der Waals surface area (Å²) in [6.45, 7) is 19.4. The van der Waals surface area contributed by atoms with Gasteiger partial charge in [0.15, 0.2) is 0 Å². The molecule has 0 fully saturated rings. The second-order valence-corrected chi connectivity index (χ2v) is 19.0. The van der Waals surface area contributed by atoms with Crippen molar-refractivity contribution in [2.75, 3.05) is 0 Å². The summed E-state index contributed by atoms with van der Waals surface area (Å²) in [4.78, 5) is 0. The summed E-state index contributed by atoms with van der Waals surface area (Å²) >= 11 is 0. The van der Waals surface area contributed by atoms with Crippen molar-refractivity contribution in [1.29, 1.82) is 0 Å². The zero-order valence-corrected chi connectivity index (χ0v) is 37.6. The number of hydrogen-bond acceptors (Lipinski definition) is 0. The summed E-state index contributed by atoms with van der Waals surface area (Å²) in [7, 11) is 0. The molecule has 6 aromatic carbocycles. The molecule has 0 amide bonds. The van der Waals surface area contributed by atoms with Gasteiger partial charge in [-0.1, -0.05) is 252 Å². The van der Waals surface area contributed by atoms with Crippen molar-refractivity contribution in [3.8, 4) is 33.4 Å². The maximum Gasteiger partial charge on any atom is 0.0220 e. The van der Waals surface area contributed by atoms with Crippen molar-refractivity contribution in [3.63, 3.8) is 0 Å². The van der Waals surface area contributed by atoms with Crippen LogP contribution in [0.2, 0.25) is 0 Å². The van der Waals surface area contributed by atoms with Gasteiger partial charge in [-0.15, -0.1) is 0 Å². The fourth-order valence-corrected chi connectivity index (χ4v) is 10.4. The van der Waals surface area contributed by atoms with Crippen LogP contribution in [0.1, 0.15) is 153 Å². The van der Waals surface area contributed by atoms with Gasteiger partial charge in [-0.2, -0.15) is 0 Å². The molecule has 7 rings (SSSR count). The van der Waals surface area contributed by atoms with Crippen LogP contribution in [-0.4, -0.2) is 0 Å². The highest BCUT2D eigenvalue weighted by molar-refractivity contribution is 5.82. The summed E-state index contributed by atoms with van der Waals surface area (Å²) in [5.41, 5.74) is 16.4. The molecule has 0 bridgehead atoms. The molecule has 2 atom stereocenters. The molecule has 0 saturated heterocycles. The molecular formula is C59H70. The van der Waals surface area contributed by atoms with E-state index in [1.54, 1.807) is 11.1 Å². The van der Waals surface area contributed by atoms with E-state index in [2.05, 4.69) is 201 Å². The summed E-state index contributed by atoms with van der Waals surface area (Å²) in [6, 6.07) is 55.7. The highest BCUT2D eigenvalue weighted by Gasteiger charge is 2.46. The molecule has 1 aliphatic rings. The number of unbranched alkanes of at least 4 members (excludes halogenated alkanes) is 2. The minimum Gasteiger partial charge on any atom is -0.0654 e. The fourth-order valence-electron chi connectivity index (χ4n) is 10.4. The Morgan fingerprint density at radius 2 is 0.780 bits per heavy atom. The maximum absolute atomic E-state index is 2.69. The summed E-state index contributed by atoms with van der Waals surface area (Å²) in [5.74, 6) is 1.35. The first kappa shape index (κ1) is 42.4. The van der Waals surface area contributed by atoms with Gasteiger partial charge in [-0.05, 0) is 91.4 Å². The minimum absolute atomic E-state index is 0.0521. The zero-order valence-electron chi connectivity index (χ0n) is 37.6. The van der Waals surface area contributed by atoms with Crippen molar-refractivity contribution in [2.45, 2.75) is 136 Å². The lowest BCUT2D eigenvalue weighted by Gasteiger charge is -2.40. The van der Waals surface area contributed by atoms with Crippen LogP contribution in [0.4, 0.5) is 0 Å². The Morgan fingerprint density at radius 3 is 1.15 bits per heavy atom. The van der Waals surface area contributed by atoms with Gasteiger partial charge in [-0.3, -0.25) is 0 Å². The predicted molar refractivity (Wildman–Crippen MR) is 257 cm³/mol. The molecule has 306 valence electrons. The molecule has 0 nitrogen and oxygen atoms in total. The topological polar surface area (TPSA) is 0 Å². The molecular weight excluding hydrogens is 709 g/mol. The Morgan fingerprint density at radius 1 is 0.407 bits per heavy atom. The van der Waals surface area contributed by atoms with E-state index in [1.165, 1.54) is 120 Å². The molecule has 6 aromatic rings. The largest absolute Gasteiger partial charge is 0.0654 e. The first-order chi connectivity index (χ1) is 28.5. The Hall–Kier alpha value is -4.68. The lowest BCUT2D eigenvalue weighted by molar-refractivity contribution is 0.265. The van der Waals surface area contributed by atoms with E-state index in [-0.39, 0.29) is 16.2 Å². The molecule has 0 heteroatoms. The van der Waals surface area contributed by atoms with E-state index in [0.29, 0.717) is 11.8 Å². The molecule has 2 unspecified atom stereocenters. The van der Waals surface area contributed by atoms with Gasteiger partial charge in [0.1, 0.15) is 0 Å². The average molecular weight is 779 g/mol. The van der Waals surface area contributed by atoms with Crippen molar-refractivity contribution in [2.24, 2.45) is 11.8 Å². The van der Waals surface area contributed by atoms with Gasteiger partial charge >= 0.3 is 0 Å². The highest BCUT2D eigenvalue weighted by atomic mass is 14.5. The van der Waals surface area contributed by atoms with Gasteiger partial charge < -0.3 is 0 Å². The quantitative estimate of drug-likeness (QED) is 0.0815. The van der Waals surface area contributed by atoms with Crippen LogP contribution in [0.15, 0.2) is 146 Å². The molecule has 0 N–H and O–H groups in total. The van der Waals surface area contributed by atoms with Crippen LogP contribution < -0.4 is 0 Å². The molecule has 0 heterocycles. The summed E-state index contributed by atoms with van der Waals surface area (Å²) < 4.78 is 0. The highest BCUT2D eigenvalue weighted by Crippen LogP contribution is 2.58. The van der Waals surface area contributed by atoms with Crippen LogP contribution in [0.25, 0.3) is 33.4 Å². The van der Waals surface area contributed by atoms with Gasteiger partial charge in [0.2, 0.25) is 0 Å². The second-order valence-electron chi connectivity index (χ2n) is 19.0. The van der Waals surface area contributed by atoms with E-state index >= 15 is 0 Å². The van der Waals surface area contributed by atoms with Crippen LogP contribution in [0.5, 0.6) is 0 Å². The van der Waals surface area contributed by atoms with Crippen molar-refractivity contribution in [3.05, 3.63) is 179 Å². The van der Waals surface area contributed by atoms with Crippen molar-refractivity contribution >= 4 is 0 Å². The van der Waals surface area contributed by atoms with Crippen LogP contribution in [0.3, 0.4) is 0 Å². The van der Waals surface area contributed by atoms with Crippen LogP contribution >= 0.6 is 0 Å². The molecule has 0 radical (unpaired) electrons. The van der Waals surface area contributed by atoms with Gasteiger partial charge in [0, 0.05) is 16.2 Å².